The second-order valence-corrected chi connectivity index (χ2v) is 3.59. The molecule has 0 aliphatic heterocycles. The molecule has 1 aromatic carbocycles. The number of hydrogen-bond acceptors (Lipinski definition) is 4. The van der Waals surface area contributed by atoms with E-state index in [2.05, 4.69) is 4.98 Å². The Bertz CT molecular complexity index is 629. The third kappa shape index (κ3) is 1.77. The van der Waals surface area contributed by atoms with E-state index < -0.39 is 11.8 Å². The predicted molar refractivity (Wildman–Crippen MR) is 63.4 cm³/mol. The maximum absolute atomic E-state index is 11.5. The molecule has 0 amide bonds. The quantitative estimate of drug-likeness (QED) is 0.632. The van der Waals surface area contributed by atoms with Crippen molar-refractivity contribution in [3.8, 4) is 11.5 Å². The molecule has 0 saturated carbocycles. The van der Waals surface area contributed by atoms with Gasteiger partial charge in [0.05, 0.1) is 30.7 Å². The summed E-state index contributed by atoms with van der Waals surface area (Å²) in [7, 11) is 2.95. The summed E-state index contributed by atoms with van der Waals surface area (Å²) in [6.45, 7) is 0. The molecule has 0 saturated heterocycles. The monoisotopic (exact) mass is 249 g/mol. The van der Waals surface area contributed by atoms with Crippen LogP contribution in [0.1, 0.15) is 10.4 Å². The number of aliphatic carboxylic acids is 1. The van der Waals surface area contributed by atoms with Crippen LogP contribution in [0.15, 0.2) is 18.3 Å². The second-order valence-electron chi connectivity index (χ2n) is 3.59. The minimum atomic E-state index is -1.51. The van der Waals surface area contributed by atoms with Gasteiger partial charge < -0.3 is 19.6 Å². The number of fused-ring (bicyclic) bond motifs is 1. The van der Waals surface area contributed by atoms with Crippen LogP contribution in [0.3, 0.4) is 0 Å². The highest BCUT2D eigenvalue weighted by Crippen LogP contribution is 2.33. The zero-order chi connectivity index (χ0) is 13.3. The molecule has 2 N–H and O–H groups in total. The van der Waals surface area contributed by atoms with Crippen molar-refractivity contribution < 1.29 is 24.2 Å². The number of carbonyl (C=O) groups excluding carboxylic acids is 1. The first-order valence-electron chi connectivity index (χ1n) is 5.09. The highest BCUT2D eigenvalue weighted by Gasteiger charge is 2.21. The van der Waals surface area contributed by atoms with Gasteiger partial charge in [-0.3, -0.25) is 4.79 Å². The molecule has 1 heterocycles. The Morgan fingerprint density at radius 2 is 1.94 bits per heavy atom. The van der Waals surface area contributed by atoms with Gasteiger partial charge in [-0.2, -0.15) is 0 Å². The van der Waals surface area contributed by atoms with Crippen molar-refractivity contribution in [1.29, 1.82) is 0 Å². The summed E-state index contributed by atoms with van der Waals surface area (Å²) >= 11 is 0. The van der Waals surface area contributed by atoms with Crippen molar-refractivity contribution in [1.82, 2.24) is 4.98 Å². The molecule has 0 unspecified atom stereocenters. The average Bonchev–Trinajstić information content (AvgIpc) is 2.80. The Labute approximate surface area is 102 Å². The average molecular weight is 249 g/mol. The molecule has 0 aliphatic carbocycles. The van der Waals surface area contributed by atoms with Gasteiger partial charge in [0.2, 0.25) is 0 Å². The Morgan fingerprint density at radius 3 is 2.50 bits per heavy atom. The first kappa shape index (κ1) is 12.0. The molecule has 0 bridgehead atoms. The van der Waals surface area contributed by atoms with Crippen molar-refractivity contribution in [2.24, 2.45) is 0 Å². The summed E-state index contributed by atoms with van der Waals surface area (Å²) in [5.74, 6) is -1.55. The molecular weight excluding hydrogens is 238 g/mol. The van der Waals surface area contributed by atoms with Gasteiger partial charge in [-0.25, -0.2) is 4.79 Å². The number of rotatable bonds is 4. The number of ether oxygens (including phenoxy) is 2. The number of H-pyrrole nitrogens is 1. The predicted octanol–water partition coefficient (Wildman–Crippen LogP) is 1.45. The van der Waals surface area contributed by atoms with Gasteiger partial charge in [-0.1, -0.05) is 0 Å². The van der Waals surface area contributed by atoms with Crippen molar-refractivity contribution in [3.05, 3.63) is 23.9 Å². The molecule has 6 heteroatoms. The minimum absolute atomic E-state index is 0.0667. The van der Waals surface area contributed by atoms with E-state index in [9.17, 15) is 9.59 Å². The molecule has 0 spiro atoms. The lowest BCUT2D eigenvalue weighted by molar-refractivity contribution is -0.131. The zero-order valence-electron chi connectivity index (χ0n) is 9.81. The van der Waals surface area contributed by atoms with Crippen LogP contribution in [0.25, 0.3) is 10.9 Å². The molecule has 94 valence electrons. The fourth-order valence-corrected chi connectivity index (χ4v) is 1.78. The SMILES string of the molecule is COc1cc(OC)c2c(C(=O)C(=O)O)c[nH]c2c1. The molecule has 1 aromatic heterocycles. The van der Waals surface area contributed by atoms with Gasteiger partial charge in [-0.15, -0.1) is 0 Å². The van der Waals surface area contributed by atoms with Crippen molar-refractivity contribution >= 4 is 22.7 Å². The summed E-state index contributed by atoms with van der Waals surface area (Å²) in [6, 6.07) is 3.26. The van der Waals surface area contributed by atoms with Crippen LogP contribution in [0.4, 0.5) is 0 Å². The van der Waals surface area contributed by atoms with Crippen molar-refractivity contribution in [2.75, 3.05) is 14.2 Å². The van der Waals surface area contributed by atoms with Crippen LogP contribution in [-0.2, 0) is 4.79 Å². The molecule has 2 rings (SSSR count). The van der Waals surface area contributed by atoms with Crippen LogP contribution in [-0.4, -0.2) is 36.1 Å². The first-order chi connectivity index (χ1) is 8.58. The van der Waals surface area contributed by atoms with E-state index in [0.717, 1.165) is 0 Å². The topological polar surface area (TPSA) is 88.6 Å². The van der Waals surface area contributed by atoms with Crippen LogP contribution in [0.2, 0.25) is 0 Å². The summed E-state index contributed by atoms with van der Waals surface area (Å²) < 4.78 is 10.2. The normalized spacial score (nSPS) is 10.3. The molecule has 2 aromatic rings. The summed E-state index contributed by atoms with van der Waals surface area (Å²) in [4.78, 5) is 25.1. The van der Waals surface area contributed by atoms with Crippen LogP contribution in [0, 0.1) is 0 Å². The first-order valence-corrected chi connectivity index (χ1v) is 5.09. The number of aromatic amines is 1. The van der Waals surface area contributed by atoms with Crippen LogP contribution >= 0.6 is 0 Å². The number of nitrogens with one attached hydrogen (secondary N) is 1. The zero-order valence-corrected chi connectivity index (χ0v) is 9.81. The highest BCUT2D eigenvalue weighted by atomic mass is 16.5. The molecular formula is C12H11NO5. The Kier molecular flexibility index (Phi) is 2.93. The standard InChI is InChI=1S/C12H11NO5/c1-17-6-3-8-10(9(4-6)18-2)7(5-13-8)11(14)12(15)16/h3-5,13H,1-2H3,(H,15,16). The summed E-state index contributed by atoms with van der Waals surface area (Å²) in [6.07, 6.45) is 1.35. The number of carboxylic acid groups (broad SMARTS) is 1. The number of benzene rings is 1. The fraction of sp³-hybridized carbons (Fsp3) is 0.167. The minimum Gasteiger partial charge on any atom is -0.497 e. The molecule has 18 heavy (non-hydrogen) atoms. The number of carbonyl (C=O) groups is 2. The third-order valence-electron chi connectivity index (χ3n) is 2.61. The van der Waals surface area contributed by atoms with E-state index in [4.69, 9.17) is 14.6 Å². The van der Waals surface area contributed by atoms with E-state index in [1.54, 1.807) is 12.1 Å². The number of aromatic nitrogens is 1. The molecule has 0 fully saturated rings. The van der Waals surface area contributed by atoms with Crippen molar-refractivity contribution in [2.45, 2.75) is 0 Å². The van der Waals surface area contributed by atoms with E-state index in [1.165, 1.54) is 20.4 Å². The lowest BCUT2D eigenvalue weighted by atomic mass is 10.1. The maximum Gasteiger partial charge on any atom is 0.377 e. The third-order valence-corrected chi connectivity index (χ3v) is 2.61. The lowest BCUT2D eigenvalue weighted by Gasteiger charge is -2.06. The Balaban J connectivity index is 2.72. The Morgan fingerprint density at radius 1 is 1.22 bits per heavy atom. The van der Waals surface area contributed by atoms with Crippen molar-refractivity contribution in [3.63, 3.8) is 0 Å². The van der Waals surface area contributed by atoms with Gasteiger partial charge >= 0.3 is 5.97 Å². The fourth-order valence-electron chi connectivity index (χ4n) is 1.78. The molecule has 6 nitrogen and oxygen atoms in total. The summed E-state index contributed by atoms with van der Waals surface area (Å²) in [5, 5.41) is 9.18. The van der Waals surface area contributed by atoms with Gasteiger partial charge in [0.15, 0.2) is 0 Å². The second kappa shape index (κ2) is 4.40. The molecule has 0 atom stereocenters. The molecule has 0 radical (unpaired) electrons. The number of carboxylic acids is 1. The smallest absolute Gasteiger partial charge is 0.377 e. The van der Waals surface area contributed by atoms with Gasteiger partial charge in [0.25, 0.3) is 5.78 Å². The number of Topliss-reactive ketones (excluding diaryl/α,β-unsaturated/α-hetero) is 1. The lowest BCUT2D eigenvalue weighted by Crippen LogP contribution is -2.12. The van der Waals surface area contributed by atoms with Crippen LogP contribution in [0.5, 0.6) is 11.5 Å². The van der Waals surface area contributed by atoms with Gasteiger partial charge in [0, 0.05) is 18.3 Å². The van der Waals surface area contributed by atoms with Gasteiger partial charge in [0.1, 0.15) is 11.5 Å². The number of methoxy groups -OCH3 is 2. The van der Waals surface area contributed by atoms with E-state index in [1.807, 2.05) is 0 Å². The van der Waals surface area contributed by atoms with E-state index in [0.29, 0.717) is 22.4 Å². The Hall–Kier alpha value is -2.50. The molecule has 0 aliphatic rings. The summed E-state index contributed by atoms with van der Waals surface area (Å²) in [5.41, 5.74) is 0.646. The van der Waals surface area contributed by atoms with E-state index in [-0.39, 0.29) is 5.56 Å². The number of ketones is 1. The number of hydrogen-bond donors (Lipinski definition) is 2. The maximum atomic E-state index is 11.5. The van der Waals surface area contributed by atoms with Crippen LogP contribution < -0.4 is 9.47 Å². The van der Waals surface area contributed by atoms with E-state index >= 15 is 0 Å². The largest absolute Gasteiger partial charge is 0.497 e. The highest BCUT2D eigenvalue weighted by molar-refractivity contribution is 6.42. The van der Waals surface area contributed by atoms with Gasteiger partial charge in [-0.05, 0) is 0 Å².